The fraction of sp³-hybridized carbons (Fsp3) is 0.636. The SMILES string of the molecule is C[C@@](O)(c1ccc(C(=O)N(C2CCC(CCC(N)=O)CC2)C2CC2)cc1)C(F)(F)F. The van der Waals surface area contributed by atoms with Crippen LogP contribution in [0.3, 0.4) is 0 Å². The Morgan fingerprint density at radius 3 is 1.97 bits per heavy atom. The second-order valence-electron chi connectivity index (χ2n) is 8.77. The zero-order valence-electron chi connectivity index (χ0n) is 17.1. The summed E-state index contributed by atoms with van der Waals surface area (Å²) in [5.74, 6) is -0.0232. The van der Waals surface area contributed by atoms with Gasteiger partial charge < -0.3 is 15.7 Å². The fourth-order valence-electron chi connectivity index (χ4n) is 4.29. The molecule has 1 aromatic carbocycles. The summed E-state index contributed by atoms with van der Waals surface area (Å²) in [5.41, 5.74) is 2.31. The van der Waals surface area contributed by atoms with Gasteiger partial charge in [0.1, 0.15) is 0 Å². The number of carbonyl (C=O) groups is 2. The summed E-state index contributed by atoms with van der Waals surface area (Å²) in [4.78, 5) is 26.1. The van der Waals surface area contributed by atoms with Gasteiger partial charge in [0.2, 0.25) is 5.91 Å². The molecule has 166 valence electrons. The number of hydrogen-bond donors (Lipinski definition) is 2. The summed E-state index contributed by atoms with van der Waals surface area (Å²) >= 11 is 0. The zero-order valence-corrected chi connectivity index (χ0v) is 17.1. The summed E-state index contributed by atoms with van der Waals surface area (Å²) in [6.45, 7) is 0.705. The van der Waals surface area contributed by atoms with Crippen molar-refractivity contribution in [2.24, 2.45) is 11.7 Å². The van der Waals surface area contributed by atoms with E-state index in [1.165, 1.54) is 24.3 Å². The van der Waals surface area contributed by atoms with Crippen LogP contribution in [0.1, 0.15) is 74.2 Å². The maximum atomic E-state index is 13.2. The molecule has 0 heterocycles. The molecule has 3 rings (SSSR count). The molecule has 0 spiro atoms. The van der Waals surface area contributed by atoms with Crippen molar-refractivity contribution in [3.8, 4) is 0 Å². The predicted molar refractivity (Wildman–Crippen MR) is 105 cm³/mol. The number of alkyl halides is 3. The minimum absolute atomic E-state index is 0.104. The van der Waals surface area contributed by atoms with Crippen molar-refractivity contribution in [2.75, 3.05) is 0 Å². The van der Waals surface area contributed by atoms with Crippen molar-refractivity contribution in [3.05, 3.63) is 35.4 Å². The summed E-state index contributed by atoms with van der Waals surface area (Å²) in [6.07, 6.45) is 1.81. The smallest absolute Gasteiger partial charge is 0.376 e. The molecule has 0 aliphatic heterocycles. The highest BCUT2D eigenvalue weighted by molar-refractivity contribution is 5.95. The van der Waals surface area contributed by atoms with Crippen molar-refractivity contribution >= 4 is 11.8 Å². The van der Waals surface area contributed by atoms with Crippen LogP contribution in [0.5, 0.6) is 0 Å². The maximum absolute atomic E-state index is 13.2. The van der Waals surface area contributed by atoms with E-state index in [-0.39, 0.29) is 29.5 Å². The maximum Gasteiger partial charge on any atom is 0.421 e. The molecule has 30 heavy (non-hydrogen) atoms. The van der Waals surface area contributed by atoms with Crippen LogP contribution in [0, 0.1) is 5.92 Å². The first kappa shape index (κ1) is 22.6. The fourth-order valence-corrected chi connectivity index (χ4v) is 4.29. The molecule has 1 aromatic rings. The molecule has 1 atom stereocenters. The highest BCUT2D eigenvalue weighted by atomic mass is 19.4. The average Bonchev–Trinajstić information content (AvgIpc) is 3.51. The molecule has 2 aliphatic rings. The number of carbonyl (C=O) groups excluding carboxylic acids is 2. The lowest BCUT2D eigenvalue weighted by Crippen LogP contribution is -2.44. The van der Waals surface area contributed by atoms with Gasteiger partial charge in [-0.2, -0.15) is 13.2 Å². The van der Waals surface area contributed by atoms with Gasteiger partial charge in [-0.15, -0.1) is 0 Å². The molecule has 0 aromatic heterocycles. The van der Waals surface area contributed by atoms with Crippen LogP contribution in [0.2, 0.25) is 0 Å². The molecule has 2 aliphatic carbocycles. The topological polar surface area (TPSA) is 83.6 Å². The summed E-state index contributed by atoms with van der Waals surface area (Å²) in [7, 11) is 0. The Bertz CT molecular complexity index is 765. The lowest BCUT2D eigenvalue weighted by molar-refractivity contribution is -0.258. The van der Waals surface area contributed by atoms with Crippen LogP contribution >= 0.6 is 0 Å². The van der Waals surface area contributed by atoms with Crippen molar-refractivity contribution in [1.29, 1.82) is 0 Å². The number of benzene rings is 1. The minimum atomic E-state index is -4.80. The first-order valence-corrected chi connectivity index (χ1v) is 10.5. The molecule has 3 N–H and O–H groups in total. The highest BCUT2D eigenvalue weighted by Gasteiger charge is 2.51. The number of amides is 2. The van der Waals surface area contributed by atoms with Gasteiger partial charge in [-0.05, 0) is 75.5 Å². The standard InChI is InChI=1S/C22H29F3N2O3/c1-21(30,22(23,24)25)16-7-5-15(6-8-16)20(29)27(18-11-12-18)17-9-2-14(3-10-17)4-13-19(26)28/h5-8,14,17-18,30H,2-4,9-13H2,1H3,(H2,26,28)/t14?,17?,21-/m1/s1. The van der Waals surface area contributed by atoms with Gasteiger partial charge in [0.15, 0.2) is 5.60 Å². The number of aliphatic hydroxyl groups is 1. The van der Waals surface area contributed by atoms with E-state index in [9.17, 15) is 27.9 Å². The normalized spacial score (nSPS) is 24.2. The van der Waals surface area contributed by atoms with Crippen molar-refractivity contribution in [2.45, 2.75) is 82.2 Å². The Morgan fingerprint density at radius 2 is 1.53 bits per heavy atom. The molecular formula is C22H29F3N2O3. The Hall–Kier alpha value is -2.09. The van der Waals surface area contributed by atoms with Gasteiger partial charge in [0.05, 0.1) is 0 Å². The van der Waals surface area contributed by atoms with E-state index < -0.39 is 11.8 Å². The summed E-state index contributed by atoms with van der Waals surface area (Å²) < 4.78 is 39.1. The van der Waals surface area contributed by atoms with Gasteiger partial charge in [-0.3, -0.25) is 9.59 Å². The Labute approximate surface area is 174 Å². The van der Waals surface area contributed by atoms with Crippen molar-refractivity contribution in [3.63, 3.8) is 0 Å². The molecule has 5 nitrogen and oxygen atoms in total. The van der Waals surface area contributed by atoms with E-state index in [0.29, 0.717) is 24.8 Å². The molecule has 8 heteroatoms. The van der Waals surface area contributed by atoms with Gasteiger partial charge in [-0.25, -0.2) is 0 Å². The quantitative estimate of drug-likeness (QED) is 0.694. The van der Waals surface area contributed by atoms with Gasteiger partial charge >= 0.3 is 6.18 Å². The van der Waals surface area contributed by atoms with Gasteiger partial charge in [0.25, 0.3) is 5.91 Å². The zero-order chi connectivity index (χ0) is 22.1. The molecule has 0 radical (unpaired) electrons. The van der Waals surface area contributed by atoms with E-state index in [0.717, 1.165) is 44.9 Å². The Kier molecular flexibility index (Phi) is 6.45. The second-order valence-corrected chi connectivity index (χ2v) is 8.77. The molecule has 2 saturated carbocycles. The number of primary amides is 1. The van der Waals surface area contributed by atoms with Crippen LogP contribution in [0.25, 0.3) is 0 Å². The minimum Gasteiger partial charge on any atom is -0.376 e. The lowest BCUT2D eigenvalue weighted by atomic mass is 9.82. The van der Waals surface area contributed by atoms with Crippen LogP contribution in [-0.4, -0.2) is 40.1 Å². The average molecular weight is 426 g/mol. The van der Waals surface area contributed by atoms with E-state index in [1.54, 1.807) is 0 Å². The molecular weight excluding hydrogens is 397 g/mol. The largest absolute Gasteiger partial charge is 0.421 e. The molecule has 0 unspecified atom stereocenters. The first-order valence-electron chi connectivity index (χ1n) is 10.5. The number of hydrogen-bond acceptors (Lipinski definition) is 3. The van der Waals surface area contributed by atoms with E-state index in [4.69, 9.17) is 5.73 Å². The van der Waals surface area contributed by atoms with Crippen molar-refractivity contribution in [1.82, 2.24) is 4.90 Å². The number of nitrogens with two attached hydrogens (primary N) is 1. The monoisotopic (exact) mass is 426 g/mol. The third-order valence-electron chi connectivity index (χ3n) is 6.43. The second kappa shape index (κ2) is 8.57. The lowest BCUT2D eigenvalue weighted by Gasteiger charge is -2.37. The Morgan fingerprint density at radius 1 is 1.03 bits per heavy atom. The van der Waals surface area contributed by atoms with Crippen LogP contribution in [-0.2, 0) is 10.4 Å². The van der Waals surface area contributed by atoms with E-state index in [2.05, 4.69) is 0 Å². The van der Waals surface area contributed by atoms with E-state index >= 15 is 0 Å². The van der Waals surface area contributed by atoms with E-state index in [1.807, 2.05) is 4.90 Å². The number of halogens is 3. The van der Waals surface area contributed by atoms with Crippen LogP contribution < -0.4 is 5.73 Å². The Balaban J connectivity index is 1.67. The molecule has 0 bridgehead atoms. The number of rotatable bonds is 7. The van der Waals surface area contributed by atoms with Gasteiger partial charge in [0, 0.05) is 24.1 Å². The first-order chi connectivity index (χ1) is 14.0. The molecule has 0 saturated heterocycles. The molecule has 2 fully saturated rings. The van der Waals surface area contributed by atoms with Crippen molar-refractivity contribution < 1.29 is 27.9 Å². The molecule has 2 amide bonds. The summed E-state index contributed by atoms with van der Waals surface area (Å²) in [6, 6.07) is 5.37. The third kappa shape index (κ3) is 4.96. The highest BCUT2D eigenvalue weighted by Crippen LogP contribution is 2.40. The van der Waals surface area contributed by atoms with Crippen LogP contribution in [0.15, 0.2) is 24.3 Å². The predicted octanol–water partition coefficient (Wildman–Crippen LogP) is 3.89. The van der Waals surface area contributed by atoms with Crippen LogP contribution in [0.4, 0.5) is 13.2 Å². The number of nitrogens with zero attached hydrogens (tertiary/aromatic N) is 1. The summed E-state index contributed by atoms with van der Waals surface area (Å²) in [5, 5.41) is 9.82. The van der Waals surface area contributed by atoms with Gasteiger partial charge in [-0.1, -0.05) is 12.1 Å². The third-order valence-corrected chi connectivity index (χ3v) is 6.43.